The van der Waals surface area contributed by atoms with Gasteiger partial charge in [0.05, 0.1) is 33.8 Å². The van der Waals surface area contributed by atoms with Gasteiger partial charge in [0.1, 0.15) is 25.4 Å². The van der Waals surface area contributed by atoms with Gasteiger partial charge in [-0.3, -0.25) is 9.13 Å². The van der Waals surface area contributed by atoms with Crippen molar-refractivity contribution in [2.45, 2.75) is 13.1 Å². The first-order valence-corrected chi connectivity index (χ1v) is 20.8. The predicted molar refractivity (Wildman–Crippen MR) is 213 cm³/mol. The van der Waals surface area contributed by atoms with E-state index in [2.05, 4.69) is 184 Å². The fourth-order valence-corrected chi connectivity index (χ4v) is 11.6. The first kappa shape index (κ1) is 29.4. The lowest BCUT2D eigenvalue weighted by atomic mass is 9.59. The minimum Gasteiger partial charge on any atom is -0.458 e. The zero-order valence-electron chi connectivity index (χ0n) is 28.7. The summed E-state index contributed by atoms with van der Waals surface area (Å²) in [6.45, 7) is 4.80. The molecule has 0 amide bonds. The van der Waals surface area contributed by atoms with Crippen LogP contribution >= 0.6 is 0 Å². The fourth-order valence-electron chi connectivity index (χ4n) is 8.68. The van der Waals surface area contributed by atoms with Crippen molar-refractivity contribution in [3.63, 3.8) is 0 Å². The van der Waals surface area contributed by atoms with E-state index < -0.39 is 8.07 Å². The van der Waals surface area contributed by atoms with Gasteiger partial charge in [-0.15, -0.1) is 0 Å². The highest BCUT2D eigenvalue weighted by Crippen LogP contribution is 2.51. The number of nitrogens with zero attached hydrogens (tertiary/aromatic N) is 5. The van der Waals surface area contributed by atoms with Crippen LogP contribution in [0.25, 0.3) is 33.5 Å². The van der Waals surface area contributed by atoms with E-state index in [0.29, 0.717) is 0 Å². The molecule has 0 atom stereocenters. The highest BCUT2D eigenvalue weighted by Gasteiger charge is 2.48. The summed E-state index contributed by atoms with van der Waals surface area (Å²) >= 11 is 0. The van der Waals surface area contributed by atoms with Gasteiger partial charge in [0.25, 0.3) is 6.33 Å². The number of hydrogen-bond donors (Lipinski definition) is 0. The van der Waals surface area contributed by atoms with E-state index in [1.807, 2.05) is 12.3 Å². The average molecular weight is 686 g/mol. The Balaban J connectivity index is 1.04. The third kappa shape index (κ3) is 4.07. The van der Waals surface area contributed by atoms with Crippen LogP contribution in [0.5, 0.6) is 11.5 Å². The van der Waals surface area contributed by atoms with Gasteiger partial charge in [-0.05, 0) is 76.0 Å². The van der Waals surface area contributed by atoms with Gasteiger partial charge in [0.2, 0.25) is 0 Å². The van der Waals surface area contributed by atoms with Gasteiger partial charge in [0.15, 0.2) is 0 Å². The minimum absolute atomic E-state index is 0.0924. The zero-order chi connectivity index (χ0) is 34.6. The number of hydrogen-bond acceptors (Lipinski definition) is 4. The predicted octanol–water partition coefficient (Wildman–Crippen LogP) is 7.70. The summed E-state index contributed by atoms with van der Waals surface area (Å²) in [5, 5.41) is 2.79. The molecule has 5 heterocycles. The fraction of sp³-hybridized carbons (Fsp3) is 0.0455. The maximum Gasteiger partial charge on any atom is 0.422 e. The molecule has 2 aromatic heterocycles. The lowest BCUT2D eigenvalue weighted by Crippen LogP contribution is -2.57. The molecule has 8 aromatic rings. The topological polar surface area (TPSA) is 37.4 Å². The Morgan fingerprint density at radius 3 is 2.21 bits per heavy atom. The number of aromatic nitrogens is 3. The van der Waals surface area contributed by atoms with Gasteiger partial charge >= 0.3 is 6.98 Å². The summed E-state index contributed by atoms with van der Waals surface area (Å²) in [4.78, 5) is 9.67. The lowest BCUT2D eigenvalue weighted by molar-refractivity contribution is -0.572. The van der Waals surface area contributed by atoms with Crippen LogP contribution in [0.2, 0.25) is 13.1 Å². The van der Waals surface area contributed by atoms with Gasteiger partial charge in [-0.2, -0.15) is 0 Å². The van der Waals surface area contributed by atoms with E-state index in [1.54, 1.807) is 0 Å². The molecule has 8 heteroatoms. The Kier molecular flexibility index (Phi) is 6.10. The highest BCUT2D eigenvalue weighted by atomic mass is 28.3. The molecular formula is C44H32BN5OSi. The van der Waals surface area contributed by atoms with Crippen molar-refractivity contribution in [3.05, 3.63) is 164 Å². The zero-order valence-corrected chi connectivity index (χ0v) is 29.7. The number of anilines is 4. The van der Waals surface area contributed by atoms with E-state index >= 15 is 0 Å². The molecule has 3 aliphatic heterocycles. The van der Waals surface area contributed by atoms with Crippen molar-refractivity contribution in [2.75, 3.05) is 9.62 Å². The molecule has 6 aromatic carbocycles. The molecule has 11 rings (SSSR count). The number of benzene rings is 6. The molecule has 0 bridgehead atoms. The van der Waals surface area contributed by atoms with Crippen LogP contribution in [0.3, 0.4) is 0 Å². The normalized spacial score (nSPS) is 14.4. The molecule has 246 valence electrons. The number of para-hydroxylation sites is 3. The Labute approximate surface area is 303 Å². The van der Waals surface area contributed by atoms with Crippen LogP contribution in [-0.2, 0) is 0 Å². The van der Waals surface area contributed by atoms with Crippen LogP contribution < -0.4 is 34.8 Å². The van der Waals surface area contributed by atoms with Crippen molar-refractivity contribution in [3.8, 4) is 34.0 Å². The summed E-state index contributed by atoms with van der Waals surface area (Å²) < 4.78 is 11.2. The first-order chi connectivity index (χ1) is 25.6. The average Bonchev–Trinajstić information content (AvgIpc) is 3.75. The Bertz CT molecular complexity index is 2730. The van der Waals surface area contributed by atoms with Crippen LogP contribution in [0.1, 0.15) is 0 Å². The second-order valence-corrected chi connectivity index (χ2v) is 18.6. The molecule has 0 aliphatic carbocycles. The number of ether oxygens (including phenoxy) is 1. The maximum atomic E-state index is 6.81. The molecule has 0 N–H and O–H groups in total. The van der Waals surface area contributed by atoms with Gasteiger partial charge in [-0.1, -0.05) is 104 Å². The molecule has 0 spiro atoms. The molecule has 0 saturated carbocycles. The number of fused-ring (bicyclic) bond motifs is 10. The lowest BCUT2D eigenvalue weighted by Gasteiger charge is -2.35. The Hall–Kier alpha value is -6.38. The van der Waals surface area contributed by atoms with Crippen molar-refractivity contribution >= 4 is 64.8 Å². The summed E-state index contributed by atoms with van der Waals surface area (Å²) in [5.41, 5.74) is 11.7. The second kappa shape index (κ2) is 10.8. The molecule has 0 unspecified atom stereocenters. The molecule has 52 heavy (non-hydrogen) atoms. The second-order valence-electron chi connectivity index (χ2n) is 14.2. The smallest absolute Gasteiger partial charge is 0.422 e. The number of imidazole rings is 1. The summed E-state index contributed by atoms with van der Waals surface area (Å²) in [7, 11) is -2.03. The van der Waals surface area contributed by atoms with E-state index in [1.165, 1.54) is 38.2 Å². The third-order valence-corrected chi connectivity index (χ3v) is 14.5. The Morgan fingerprint density at radius 1 is 0.615 bits per heavy atom. The van der Waals surface area contributed by atoms with Crippen molar-refractivity contribution in [1.29, 1.82) is 0 Å². The largest absolute Gasteiger partial charge is 0.458 e. The monoisotopic (exact) mass is 685 g/mol. The molecule has 0 fully saturated rings. The molecule has 3 aliphatic rings. The van der Waals surface area contributed by atoms with E-state index in [0.717, 1.165) is 45.6 Å². The van der Waals surface area contributed by atoms with Crippen LogP contribution in [0, 0.1) is 6.33 Å². The van der Waals surface area contributed by atoms with Crippen molar-refractivity contribution in [2.24, 2.45) is 0 Å². The standard InChI is InChI=1S/C44H32BN5OSi/c1-52(2)41-25-23-32(28-40(41)48-29-47(30-13-4-3-5-14-30)38-19-12-20-42(52)44(38)48)51-31-22-24-37-39(27-31)50(43-21-10-11-26-46-43)45-35-17-8-6-15-33(35)34-16-7-9-18-36(34)49(37)45/h3-28H,1-2H3. The summed E-state index contributed by atoms with van der Waals surface area (Å²) in [6, 6.07) is 53.8. The molecule has 6 nitrogen and oxygen atoms in total. The highest BCUT2D eigenvalue weighted by molar-refractivity contribution is 7.02. The maximum absolute atomic E-state index is 6.81. The summed E-state index contributed by atoms with van der Waals surface area (Å²) in [6.07, 6.45) is 5.58. The minimum atomic E-state index is -2.03. The van der Waals surface area contributed by atoms with Gasteiger partial charge in [0, 0.05) is 23.5 Å². The first-order valence-electron chi connectivity index (χ1n) is 17.8. The Morgan fingerprint density at radius 2 is 1.37 bits per heavy atom. The van der Waals surface area contributed by atoms with Gasteiger partial charge < -0.3 is 14.4 Å². The molecule has 0 radical (unpaired) electrons. The van der Waals surface area contributed by atoms with E-state index in [-0.39, 0.29) is 6.98 Å². The molecule has 0 saturated heterocycles. The van der Waals surface area contributed by atoms with Crippen LogP contribution in [0.15, 0.2) is 158 Å². The SMILES string of the molecule is C[Si]1(C)c2ccc(Oc3ccc4c(c3)N(c3ccccn3)B3c5ccccc5-c5ccccc5N34)cc2-n2[c-][n+](-c3ccccc3)c3cccc1c32. The molecular weight excluding hydrogens is 653 g/mol. The van der Waals surface area contributed by atoms with Crippen LogP contribution in [-0.4, -0.2) is 24.6 Å². The summed E-state index contributed by atoms with van der Waals surface area (Å²) in [5.74, 6) is 2.45. The van der Waals surface area contributed by atoms with Crippen molar-refractivity contribution in [1.82, 2.24) is 9.55 Å². The number of pyridine rings is 1. The van der Waals surface area contributed by atoms with E-state index in [4.69, 9.17) is 9.72 Å². The van der Waals surface area contributed by atoms with E-state index in [9.17, 15) is 0 Å². The van der Waals surface area contributed by atoms with Gasteiger partial charge in [-0.25, -0.2) is 4.98 Å². The third-order valence-electron chi connectivity index (χ3n) is 11.0. The van der Waals surface area contributed by atoms with Crippen molar-refractivity contribution < 1.29 is 9.30 Å². The van der Waals surface area contributed by atoms with Crippen LogP contribution in [0.4, 0.5) is 22.9 Å². The number of rotatable bonds is 4. The quantitative estimate of drug-likeness (QED) is 0.108.